The molecule has 0 radical (unpaired) electrons. The highest BCUT2D eigenvalue weighted by atomic mass is 19.3. The standard InChI is InChI=1S/C6H6F2N2O/c7-6(8)4-5(11)3(9)1-2-10-4/h1-2,6,11H,(H2,9,10). The molecule has 0 amide bonds. The van der Waals surface area contributed by atoms with Gasteiger partial charge in [0.05, 0.1) is 5.69 Å². The molecule has 3 N–H and O–H groups in total. The Hall–Kier alpha value is -1.39. The van der Waals surface area contributed by atoms with E-state index in [4.69, 9.17) is 10.8 Å². The summed E-state index contributed by atoms with van der Waals surface area (Å²) in [6.45, 7) is 0. The average molecular weight is 160 g/mol. The minimum Gasteiger partial charge on any atom is -0.504 e. The molecule has 1 heterocycles. The largest absolute Gasteiger partial charge is 0.504 e. The van der Waals surface area contributed by atoms with Crippen molar-refractivity contribution in [1.82, 2.24) is 4.98 Å². The second-order valence-corrected chi connectivity index (χ2v) is 1.93. The van der Waals surface area contributed by atoms with E-state index in [1.54, 1.807) is 0 Å². The van der Waals surface area contributed by atoms with Crippen LogP contribution in [0.3, 0.4) is 0 Å². The molecule has 0 aliphatic heterocycles. The number of hydrogen-bond acceptors (Lipinski definition) is 3. The second-order valence-electron chi connectivity index (χ2n) is 1.93. The molecule has 5 heteroatoms. The summed E-state index contributed by atoms with van der Waals surface area (Å²) in [5.41, 5.74) is 4.37. The van der Waals surface area contributed by atoms with Gasteiger partial charge in [-0.25, -0.2) is 8.78 Å². The van der Waals surface area contributed by atoms with E-state index in [2.05, 4.69) is 4.98 Å². The van der Waals surface area contributed by atoms with Crippen LogP contribution in [0.2, 0.25) is 0 Å². The monoisotopic (exact) mass is 160 g/mol. The zero-order valence-corrected chi connectivity index (χ0v) is 5.46. The fourth-order valence-electron chi connectivity index (χ4n) is 0.646. The summed E-state index contributed by atoms with van der Waals surface area (Å²) in [6, 6.07) is 1.25. The summed E-state index contributed by atoms with van der Waals surface area (Å²) < 4.78 is 23.9. The van der Waals surface area contributed by atoms with E-state index < -0.39 is 17.9 Å². The Balaban J connectivity index is 3.17. The summed E-state index contributed by atoms with van der Waals surface area (Å²) in [5, 5.41) is 8.90. The number of alkyl halides is 2. The number of nitrogen functional groups attached to an aromatic ring is 1. The Bertz CT molecular complexity index is 265. The highest BCUT2D eigenvalue weighted by molar-refractivity contribution is 5.53. The predicted octanol–water partition coefficient (Wildman–Crippen LogP) is 1.31. The van der Waals surface area contributed by atoms with Gasteiger partial charge in [-0.2, -0.15) is 0 Å². The summed E-state index contributed by atoms with van der Waals surface area (Å²) in [6.07, 6.45) is -1.67. The minimum atomic E-state index is -2.79. The van der Waals surface area contributed by atoms with E-state index in [0.29, 0.717) is 0 Å². The maximum absolute atomic E-state index is 11.9. The van der Waals surface area contributed by atoms with E-state index in [0.717, 1.165) is 6.20 Å². The summed E-state index contributed by atoms with van der Waals surface area (Å²) in [7, 11) is 0. The molecule has 0 spiro atoms. The molecule has 11 heavy (non-hydrogen) atoms. The minimum absolute atomic E-state index is 0.0877. The van der Waals surface area contributed by atoms with E-state index in [1.165, 1.54) is 6.07 Å². The van der Waals surface area contributed by atoms with Crippen LogP contribution in [0.15, 0.2) is 12.3 Å². The second kappa shape index (κ2) is 2.69. The number of pyridine rings is 1. The van der Waals surface area contributed by atoms with Gasteiger partial charge in [0.1, 0.15) is 5.69 Å². The third-order valence-corrected chi connectivity index (χ3v) is 1.19. The van der Waals surface area contributed by atoms with Crippen molar-refractivity contribution in [3.05, 3.63) is 18.0 Å². The molecule has 0 aliphatic rings. The van der Waals surface area contributed by atoms with Gasteiger partial charge in [-0.3, -0.25) is 4.98 Å². The summed E-state index contributed by atoms with van der Waals surface area (Å²) in [4.78, 5) is 3.26. The number of hydrogen-bond donors (Lipinski definition) is 2. The van der Waals surface area contributed by atoms with Crippen LogP contribution in [-0.4, -0.2) is 10.1 Å². The third kappa shape index (κ3) is 1.36. The van der Waals surface area contributed by atoms with Gasteiger partial charge >= 0.3 is 0 Å². The molecule has 1 aromatic heterocycles. The van der Waals surface area contributed by atoms with Gasteiger partial charge < -0.3 is 10.8 Å². The van der Waals surface area contributed by atoms with Gasteiger partial charge in [0, 0.05) is 6.20 Å². The smallest absolute Gasteiger partial charge is 0.284 e. The number of rotatable bonds is 1. The number of aromatic hydroxyl groups is 1. The Labute approximate surface area is 61.5 Å². The first-order valence-corrected chi connectivity index (χ1v) is 2.84. The van der Waals surface area contributed by atoms with Crippen LogP contribution in [0.1, 0.15) is 12.1 Å². The molecule has 0 saturated heterocycles. The molecule has 0 unspecified atom stereocenters. The molecule has 1 aromatic rings. The van der Waals surface area contributed by atoms with Crippen LogP contribution in [0.5, 0.6) is 5.75 Å². The molecule has 0 saturated carbocycles. The molecule has 3 nitrogen and oxygen atoms in total. The van der Waals surface area contributed by atoms with Crippen LogP contribution in [0.25, 0.3) is 0 Å². The number of nitrogens with two attached hydrogens (primary N) is 1. The molecule has 0 aromatic carbocycles. The van der Waals surface area contributed by atoms with Crippen molar-refractivity contribution in [2.45, 2.75) is 6.43 Å². The van der Waals surface area contributed by atoms with Crippen molar-refractivity contribution in [2.75, 3.05) is 5.73 Å². The van der Waals surface area contributed by atoms with Gasteiger partial charge in [-0.1, -0.05) is 0 Å². The maximum atomic E-state index is 11.9. The molecule has 1 rings (SSSR count). The van der Waals surface area contributed by atoms with Crippen molar-refractivity contribution in [3.63, 3.8) is 0 Å². The lowest BCUT2D eigenvalue weighted by atomic mass is 10.3. The van der Waals surface area contributed by atoms with E-state index in [1.807, 2.05) is 0 Å². The van der Waals surface area contributed by atoms with Gasteiger partial charge in [0.25, 0.3) is 6.43 Å². The van der Waals surface area contributed by atoms with Crippen molar-refractivity contribution < 1.29 is 13.9 Å². The normalized spacial score (nSPS) is 10.5. The SMILES string of the molecule is Nc1ccnc(C(F)F)c1O. The van der Waals surface area contributed by atoms with Crippen molar-refractivity contribution in [2.24, 2.45) is 0 Å². The van der Waals surface area contributed by atoms with Crippen LogP contribution < -0.4 is 5.73 Å². The molecular formula is C6H6F2N2O. The Morgan fingerprint density at radius 2 is 2.18 bits per heavy atom. The Morgan fingerprint density at radius 1 is 1.55 bits per heavy atom. The van der Waals surface area contributed by atoms with Gasteiger partial charge in [0.15, 0.2) is 5.75 Å². The van der Waals surface area contributed by atoms with Crippen molar-refractivity contribution in [3.8, 4) is 5.75 Å². The quantitative estimate of drug-likeness (QED) is 0.651. The fraction of sp³-hybridized carbons (Fsp3) is 0.167. The number of anilines is 1. The van der Waals surface area contributed by atoms with Gasteiger partial charge in [-0.15, -0.1) is 0 Å². The molecular weight excluding hydrogens is 154 g/mol. The topological polar surface area (TPSA) is 59.1 Å². The third-order valence-electron chi connectivity index (χ3n) is 1.19. The zero-order chi connectivity index (χ0) is 8.43. The van der Waals surface area contributed by atoms with Gasteiger partial charge in [0.2, 0.25) is 0 Å². The lowest BCUT2D eigenvalue weighted by molar-refractivity contribution is 0.142. The first-order chi connectivity index (χ1) is 5.13. The number of halogens is 2. The first-order valence-electron chi connectivity index (χ1n) is 2.84. The van der Waals surface area contributed by atoms with Gasteiger partial charge in [-0.05, 0) is 6.07 Å². The molecule has 60 valence electrons. The highest BCUT2D eigenvalue weighted by Crippen LogP contribution is 2.29. The van der Waals surface area contributed by atoms with Crippen molar-refractivity contribution in [1.29, 1.82) is 0 Å². The number of nitrogens with zero attached hydrogens (tertiary/aromatic N) is 1. The molecule has 0 fully saturated rings. The van der Waals surface area contributed by atoms with Crippen LogP contribution >= 0.6 is 0 Å². The highest BCUT2D eigenvalue weighted by Gasteiger charge is 2.15. The fourth-order valence-corrected chi connectivity index (χ4v) is 0.646. The molecule has 0 bridgehead atoms. The average Bonchev–Trinajstić information content (AvgIpc) is 1.94. The lowest BCUT2D eigenvalue weighted by Gasteiger charge is -2.02. The molecule has 0 atom stereocenters. The van der Waals surface area contributed by atoms with Crippen LogP contribution in [-0.2, 0) is 0 Å². The van der Waals surface area contributed by atoms with Crippen LogP contribution in [0, 0.1) is 0 Å². The van der Waals surface area contributed by atoms with Crippen LogP contribution in [0.4, 0.5) is 14.5 Å². The zero-order valence-electron chi connectivity index (χ0n) is 5.46. The van der Waals surface area contributed by atoms with E-state index >= 15 is 0 Å². The maximum Gasteiger partial charge on any atom is 0.284 e. The summed E-state index contributed by atoms with van der Waals surface area (Å²) in [5.74, 6) is -0.637. The number of aromatic nitrogens is 1. The van der Waals surface area contributed by atoms with E-state index in [9.17, 15) is 8.78 Å². The molecule has 0 aliphatic carbocycles. The predicted molar refractivity (Wildman–Crippen MR) is 35.3 cm³/mol. The summed E-state index contributed by atoms with van der Waals surface area (Å²) >= 11 is 0. The first kappa shape index (κ1) is 7.71. The van der Waals surface area contributed by atoms with E-state index in [-0.39, 0.29) is 5.69 Å². The Kier molecular flexibility index (Phi) is 1.89. The Morgan fingerprint density at radius 3 is 2.64 bits per heavy atom. The van der Waals surface area contributed by atoms with Crippen molar-refractivity contribution >= 4 is 5.69 Å². The lowest BCUT2D eigenvalue weighted by Crippen LogP contribution is -1.94.